The molecule has 1 heterocycles. The molecule has 0 aliphatic heterocycles. The molecule has 3 rings (SSSR count). The normalized spacial score (nSPS) is 11.8. The van der Waals surface area contributed by atoms with Crippen LogP contribution in [0.5, 0.6) is 11.5 Å². The van der Waals surface area contributed by atoms with Gasteiger partial charge in [-0.25, -0.2) is 9.63 Å². The third kappa shape index (κ3) is 4.72. The standard InChI is InChI=1S/C18H18ClN3O6S/c1-3-26-16-8-11(7-13(19)17(16)27-4-2)10-20-22-29(24,25)12-5-6-14-15(9-12)28-18(23)21-14/h5-10,22H,3-4H2,1-2H3,(H,21,23)/b20-10+. The average molecular weight is 440 g/mol. The molecule has 0 saturated heterocycles. The van der Waals surface area contributed by atoms with Crippen LogP contribution in [0.15, 0.2) is 49.5 Å². The summed E-state index contributed by atoms with van der Waals surface area (Å²) in [5, 5.41) is 4.09. The Kier molecular flexibility index (Phi) is 6.14. The second kappa shape index (κ2) is 8.58. The SMILES string of the molecule is CCOc1cc(/C=N/NS(=O)(=O)c2ccc3[nH]c(=O)oc3c2)cc(Cl)c1OCC. The Balaban J connectivity index is 1.82. The van der Waals surface area contributed by atoms with Crippen molar-refractivity contribution < 1.29 is 22.3 Å². The van der Waals surface area contributed by atoms with Crippen molar-refractivity contribution in [3.63, 3.8) is 0 Å². The van der Waals surface area contributed by atoms with Crippen LogP contribution in [0.1, 0.15) is 19.4 Å². The van der Waals surface area contributed by atoms with E-state index in [1.807, 2.05) is 13.8 Å². The molecule has 2 aromatic carbocycles. The Morgan fingerprint density at radius 3 is 2.69 bits per heavy atom. The minimum atomic E-state index is -3.97. The van der Waals surface area contributed by atoms with Gasteiger partial charge in [0.2, 0.25) is 0 Å². The van der Waals surface area contributed by atoms with Crippen molar-refractivity contribution in [2.24, 2.45) is 5.10 Å². The molecular weight excluding hydrogens is 422 g/mol. The second-order valence-electron chi connectivity index (χ2n) is 5.72. The molecule has 0 spiro atoms. The molecular formula is C18H18ClN3O6S. The number of sulfonamides is 1. The summed E-state index contributed by atoms with van der Waals surface area (Å²) in [6.07, 6.45) is 1.29. The predicted octanol–water partition coefficient (Wildman–Crippen LogP) is 2.88. The van der Waals surface area contributed by atoms with Gasteiger partial charge in [-0.05, 0) is 43.7 Å². The summed E-state index contributed by atoms with van der Waals surface area (Å²) < 4.78 is 40.7. The Morgan fingerprint density at radius 1 is 1.21 bits per heavy atom. The van der Waals surface area contributed by atoms with Crippen LogP contribution in [0, 0.1) is 0 Å². The van der Waals surface area contributed by atoms with Gasteiger partial charge >= 0.3 is 5.76 Å². The van der Waals surface area contributed by atoms with Gasteiger partial charge < -0.3 is 13.9 Å². The van der Waals surface area contributed by atoms with Gasteiger partial charge in [0.1, 0.15) is 0 Å². The number of fused-ring (bicyclic) bond motifs is 1. The maximum atomic E-state index is 12.4. The van der Waals surface area contributed by atoms with Gasteiger partial charge in [0.15, 0.2) is 17.1 Å². The van der Waals surface area contributed by atoms with Crippen LogP contribution in [0.25, 0.3) is 11.1 Å². The van der Waals surface area contributed by atoms with Crippen LogP contribution in [0.3, 0.4) is 0 Å². The smallest absolute Gasteiger partial charge is 0.417 e. The number of halogens is 1. The zero-order valence-electron chi connectivity index (χ0n) is 15.6. The third-order valence-electron chi connectivity index (χ3n) is 3.71. The fourth-order valence-corrected chi connectivity index (χ4v) is 3.61. The highest BCUT2D eigenvalue weighted by Gasteiger charge is 2.15. The number of nitrogens with zero attached hydrogens (tertiary/aromatic N) is 1. The Bertz CT molecular complexity index is 1220. The number of aromatic amines is 1. The highest BCUT2D eigenvalue weighted by molar-refractivity contribution is 7.89. The molecule has 0 saturated carbocycles. The van der Waals surface area contributed by atoms with Crippen LogP contribution >= 0.6 is 11.6 Å². The Labute approximate surface area is 171 Å². The molecule has 0 aliphatic rings. The van der Waals surface area contributed by atoms with Crippen molar-refractivity contribution in [2.45, 2.75) is 18.7 Å². The number of benzene rings is 2. The highest BCUT2D eigenvalue weighted by atomic mass is 35.5. The van der Waals surface area contributed by atoms with Crippen molar-refractivity contribution >= 4 is 38.9 Å². The molecule has 0 aliphatic carbocycles. The molecule has 11 heteroatoms. The second-order valence-corrected chi connectivity index (χ2v) is 7.79. The lowest BCUT2D eigenvalue weighted by molar-refractivity contribution is 0.288. The van der Waals surface area contributed by atoms with Gasteiger partial charge in [0, 0.05) is 6.07 Å². The van der Waals surface area contributed by atoms with E-state index in [4.69, 9.17) is 25.5 Å². The summed E-state index contributed by atoms with van der Waals surface area (Å²) in [4.78, 5) is 15.6. The molecule has 0 atom stereocenters. The maximum absolute atomic E-state index is 12.4. The molecule has 0 radical (unpaired) electrons. The molecule has 0 bridgehead atoms. The van der Waals surface area contributed by atoms with Gasteiger partial charge in [-0.1, -0.05) is 11.6 Å². The predicted molar refractivity (Wildman–Crippen MR) is 109 cm³/mol. The van der Waals surface area contributed by atoms with E-state index >= 15 is 0 Å². The molecule has 2 N–H and O–H groups in total. The number of H-pyrrole nitrogens is 1. The van der Waals surface area contributed by atoms with E-state index in [-0.39, 0.29) is 10.5 Å². The number of oxazole rings is 1. The van der Waals surface area contributed by atoms with E-state index in [2.05, 4.69) is 14.9 Å². The van der Waals surface area contributed by atoms with Crippen LogP contribution in [-0.4, -0.2) is 32.8 Å². The lowest BCUT2D eigenvalue weighted by Gasteiger charge is -2.13. The summed E-state index contributed by atoms with van der Waals surface area (Å²) >= 11 is 6.23. The molecule has 154 valence electrons. The van der Waals surface area contributed by atoms with Crippen molar-refractivity contribution in [3.8, 4) is 11.5 Å². The maximum Gasteiger partial charge on any atom is 0.417 e. The minimum absolute atomic E-state index is 0.107. The van der Waals surface area contributed by atoms with E-state index in [1.165, 1.54) is 24.4 Å². The average Bonchev–Trinajstić information content (AvgIpc) is 3.04. The first kappa shape index (κ1) is 20.7. The van der Waals surface area contributed by atoms with Gasteiger partial charge in [-0.2, -0.15) is 13.5 Å². The first-order valence-corrected chi connectivity index (χ1v) is 10.5. The fourth-order valence-electron chi connectivity index (χ4n) is 2.53. The Morgan fingerprint density at radius 2 is 1.97 bits per heavy atom. The lowest BCUT2D eigenvalue weighted by atomic mass is 10.2. The summed E-state index contributed by atoms with van der Waals surface area (Å²) in [6, 6.07) is 7.20. The third-order valence-corrected chi connectivity index (χ3v) is 5.21. The van der Waals surface area contributed by atoms with Crippen LogP contribution < -0.4 is 20.1 Å². The lowest BCUT2D eigenvalue weighted by Crippen LogP contribution is -2.18. The minimum Gasteiger partial charge on any atom is -0.490 e. The van der Waals surface area contributed by atoms with Gasteiger partial charge in [-0.15, -0.1) is 0 Å². The molecule has 0 unspecified atom stereocenters. The van der Waals surface area contributed by atoms with E-state index < -0.39 is 15.8 Å². The van der Waals surface area contributed by atoms with Crippen molar-refractivity contribution in [1.82, 2.24) is 9.82 Å². The topological polar surface area (TPSA) is 123 Å². The molecule has 9 nitrogen and oxygen atoms in total. The fraction of sp³-hybridized carbons (Fsp3) is 0.222. The molecule has 0 fully saturated rings. The van der Waals surface area contributed by atoms with Crippen LogP contribution in [0.2, 0.25) is 5.02 Å². The number of hydrogen-bond acceptors (Lipinski definition) is 7. The molecule has 29 heavy (non-hydrogen) atoms. The number of hydrogen-bond donors (Lipinski definition) is 2. The monoisotopic (exact) mass is 439 g/mol. The summed E-state index contributed by atoms with van der Waals surface area (Å²) in [7, 11) is -3.97. The molecule has 3 aromatic rings. The van der Waals surface area contributed by atoms with E-state index in [0.29, 0.717) is 40.8 Å². The number of aromatic nitrogens is 1. The zero-order chi connectivity index (χ0) is 21.0. The first-order chi connectivity index (χ1) is 13.8. The number of hydrazone groups is 1. The van der Waals surface area contributed by atoms with Crippen LogP contribution in [0.4, 0.5) is 0 Å². The first-order valence-electron chi connectivity index (χ1n) is 8.61. The van der Waals surface area contributed by atoms with Gasteiger partial charge in [-0.3, -0.25) is 4.98 Å². The van der Waals surface area contributed by atoms with E-state index in [1.54, 1.807) is 12.1 Å². The van der Waals surface area contributed by atoms with Crippen LogP contribution in [-0.2, 0) is 10.0 Å². The summed E-state index contributed by atoms with van der Waals surface area (Å²) in [5.41, 5.74) is 1.03. The largest absolute Gasteiger partial charge is 0.490 e. The zero-order valence-corrected chi connectivity index (χ0v) is 17.1. The van der Waals surface area contributed by atoms with Crippen molar-refractivity contribution in [3.05, 3.63) is 51.5 Å². The number of nitrogens with one attached hydrogen (secondary N) is 2. The number of ether oxygens (including phenoxy) is 2. The highest BCUT2D eigenvalue weighted by Crippen LogP contribution is 2.36. The number of rotatable bonds is 8. The van der Waals surface area contributed by atoms with E-state index in [9.17, 15) is 13.2 Å². The summed E-state index contributed by atoms with van der Waals surface area (Å²) in [5.74, 6) is 0.173. The van der Waals surface area contributed by atoms with Crippen molar-refractivity contribution in [1.29, 1.82) is 0 Å². The quantitative estimate of drug-likeness (QED) is 0.411. The molecule has 0 amide bonds. The van der Waals surface area contributed by atoms with E-state index in [0.717, 1.165) is 0 Å². The molecule has 1 aromatic heterocycles. The summed E-state index contributed by atoms with van der Waals surface area (Å²) in [6.45, 7) is 4.47. The van der Waals surface area contributed by atoms with Gasteiger partial charge in [0.05, 0.1) is 34.9 Å². The van der Waals surface area contributed by atoms with Crippen molar-refractivity contribution in [2.75, 3.05) is 13.2 Å². The Hall–Kier alpha value is -2.98. The van der Waals surface area contributed by atoms with Gasteiger partial charge in [0.25, 0.3) is 10.0 Å².